The summed E-state index contributed by atoms with van der Waals surface area (Å²) in [5.74, 6) is -0.973. The van der Waals surface area contributed by atoms with E-state index < -0.39 is 5.97 Å². The van der Waals surface area contributed by atoms with Crippen molar-refractivity contribution in [3.63, 3.8) is 0 Å². The van der Waals surface area contributed by atoms with Gasteiger partial charge in [-0.15, -0.1) is 0 Å². The minimum absolute atomic E-state index is 0.0724. The predicted octanol–water partition coefficient (Wildman–Crippen LogP) is 3.33. The molecule has 2 aliphatic carbocycles. The summed E-state index contributed by atoms with van der Waals surface area (Å²) >= 11 is 0. The molecule has 2 aliphatic rings. The molecule has 0 atom stereocenters. The number of anilines is 1. The standard InChI is InChI=1S/C18H24N2O3/c21-17(22)13-6-8-15(9-7-13)19-18(23)20-16-10-5-12-3-1-2-4-14(12)11-16/h5,10-11,13,15H,1-4,6-9H2,(H,21,22)(H2,19,20,23). The van der Waals surface area contributed by atoms with Crippen molar-refractivity contribution in [1.29, 1.82) is 0 Å². The SMILES string of the molecule is O=C(Nc1ccc2c(c1)CCCC2)NC1CCC(C(=O)O)CC1. The Hall–Kier alpha value is -2.04. The molecule has 3 N–H and O–H groups in total. The van der Waals surface area contributed by atoms with Crippen LogP contribution in [0.3, 0.4) is 0 Å². The molecule has 1 saturated carbocycles. The molecule has 0 heterocycles. The van der Waals surface area contributed by atoms with Gasteiger partial charge in [0.1, 0.15) is 0 Å². The van der Waals surface area contributed by atoms with Gasteiger partial charge in [0.15, 0.2) is 0 Å². The number of aryl methyl sites for hydroxylation is 2. The van der Waals surface area contributed by atoms with E-state index in [2.05, 4.69) is 22.8 Å². The molecule has 0 aromatic heterocycles. The summed E-state index contributed by atoms with van der Waals surface area (Å²) < 4.78 is 0. The molecule has 2 amide bonds. The highest BCUT2D eigenvalue weighted by Gasteiger charge is 2.26. The number of amides is 2. The lowest BCUT2D eigenvalue weighted by molar-refractivity contribution is -0.142. The van der Waals surface area contributed by atoms with Gasteiger partial charge in [-0.25, -0.2) is 4.79 Å². The number of carboxylic acid groups (broad SMARTS) is 1. The highest BCUT2D eigenvalue weighted by molar-refractivity contribution is 5.89. The zero-order valence-corrected chi connectivity index (χ0v) is 13.3. The number of urea groups is 1. The van der Waals surface area contributed by atoms with Crippen molar-refractivity contribution in [3.05, 3.63) is 29.3 Å². The Morgan fingerprint density at radius 3 is 2.39 bits per heavy atom. The van der Waals surface area contributed by atoms with Gasteiger partial charge < -0.3 is 15.7 Å². The van der Waals surface area contributed by atoms with Crippen molar-refractivity contribution < 1.29 is 14.7 Å². The molecule has 0 radical (unpaired) electrons. The van der Waals surface area contributed by atoms with Crippen LogP contribution in [-0.2, 0) is 17.6 Å². The van der Waals surface area contributed by atoms with E-state index in [1.807, 2.05) is 6.07 Å². The first-order valence-electron chi connectivity index (χ1n) is 8.54. The molecule has 3 rings (SSSR count). The number of nitrogens with one attached hydrogen (secondary N) is 2. The maximum absolute atomic E-state index is 12.1. The molecular formula is C18H24N2O3. The van der Waals surface area contributed by atoms with E-state index in [-0.39, 0.29) is 18.0 Å². The van der Waals surface area contributed by atoms with Crippen LogP contribution in [0.15, 0.2) is 18.2 Å². The fraction of sp³-hybridized carbons (Fsp3) is 0.556. The maximum Gasteiger partial charge on any atom is 0.319 e. The Balaban J connectivity index is 1.51. The molecule has 23 heavy (non-hydrogen) atoms. The van der Waals surface area contributed by atoms with Crippen LogP contribution in [0.25, 0.3) is 0 Å². The highest BCUT2D eigenvalue weighted by atomic mass is 16.4. The van der Waals surface area contributed by atoms with Crippen LogP contribution in [0.1, 0.15) is 49.7 Å². The molecular weight excluding hydrogens is 292 g/mol. The van der Waals surface area contributed by atoms with Crippen LogP contribution in [0.4, 0.5) is 10.5 Å². The monoisotopic (exact) mass is 316 g/mol. The van der Waals surface area contributed by atoms with Gasteiger partial charge in [-0.1, -0.05) is 6.07 Å². The maximum atomic E-state index is 12.1. The number of fused-ring (bicyclic) bond motifs is 1. The zero-order chi connectivity index (χ0) is 16.2. The van der Waals surface area contributed by atoms with Crippen LogP contribution in [0.2, 0.25) is 0 Å². The van der Waals surface area contributed by atoms with Gasteiger partial charge in [-0.3, -0.25) is 4.79 Å². The molecule has 0 spiro atoms. The summed E-state index contributed by atoms with van der Waals surface area (Å²) in [6.45, 7) is 0. The van der Waals surface area contributed by atoms with Gasteiger partial charge in [0, 0.05) is 11.7 Å². The second-order valence-corrected chi connectivity index (χ2v) is 6.68. The van der Waals surface area contributed by atoms with Gasteiger partial charge >= 0.3 is 12.0 Å². The lowest BCUT2D eigenvalue weighted by Gasteiger charge is -2.27. The summed E-state index contributed by atoms with van der Waals surface area (Å²) in [4.78, 5) is 23.1. The summed E-state index contributed by atoms with van der Waals surface area (Å²) in [6.07, 6.45) is 7.43. The molecule has 1 aromatic carbocycles. The van der Waals surface area contributed by atoms with Gasteiger partial charge in [0.2, 0.25) is 0 Å². The average Bonchev–Trinajstić information content (AvgIpc) is 2.55. The number of aliphatic carboxylic acids is 1. The Morgan fingerprint density at radius 2 is 1.70 bits per heavy atom. The smallest absolute Gasteiger partial charge is 0.319 e. The first-order valence-corrected chi connectivity index (χ1v) is 8.54. The normalized spacial score (nSPS) is 23.7. The predicted molar refractivity (Wildman–Crippen MR) is 88.6 cm³/mol. The summed E-state index contributed by atoms with van der Waals surface area (Å²) in [5, 5.41) is 14.9. The number of carboxylic acids is 1. The summed E-state index contributed by atoms with van der Waals surface area (Å²) in [7, 11) is 0. The third-order valence-electron chi connectivity index (χ3n) is 5.02. The molecule has 5 heteroatoms. The number of hydrogen-bond acceptors (Lipinski definition) is 2. The second kappa shape index (κ2) is 7.02. The number of benzene rings is 1. The van der Waals surface area contributed by atoms with Crippen molar-refractivity contribution in [2.75, 3.05) is 5.32 Å². The topological polar surface area (TPSA) is 78.4 Å². The van der Waals surface area contributed by atoms with E-state index >= 15 is 0 Å². The summed E-state index contributed by atoms with van der Waals surface area (Å²) in [5.41, 5.74) is 3.58. The molecule has 0 saturated heterocycles. The quantitative estimate of drug-likeness (QED) is 0.800. The van der Waals surface area contributed by atoms with E-state index in [1.165, 1.54) is 24.0 Å². The molecule has 1 fully saturated rings. The van der Waals surface area contributed by atoms with Crippen molar-refractivity contribution in [1.82, 2.24) is 5.32 Å². The first kappa shape index (κ1) is 15.8. The largest absolute Gasteiger partial charge is 0.481 e. The molecule has 1 aromatic rings. The first-order chi connectivity index (χ1) is 11.1. The number of hydrogen-bond donors (Lipinski definition) is 3. The van der Waals surface area contributed by atoms with Gasteiger partial charge in [-0.2, -0.15) is 0 Å². The molecule has 0 unspecified atom stereocenters. The van der Waals surface area contributed by atoms with E-state index in [1.54, 1.807) is 0 Å². The third-order valence-corrected chi connectivity index (χ3v) is 5.02. The minimum atomic E-state index is -0.720. The average molecular weight is 316 g/mol. The Labute approximate surface area is 136 Å². The zero-order valence-electron chi connectivity index (χ0n) is 13.3. The van der Waals surface area contributed by atoms with Gasteiger partial charge in [0.05, 0.1) is 5.92 Å². The molecule has 0 aliphatic heterocycles. The van der Waals surface area contributed by atoms with E-state index in [4.69, 9.17) is 5.11 Å². The van der Waals surface area contributed by atoms with Crippen molar-refractivity contribution in [2.45, 2.75) is 57.4 Å². The van der Waals surface area contributed by atoms with E-state index in [0.29, 0.717) is 12.8 Å². The van der Waals surface area contributed by atoms with Crippen LogP contribution in [0, 0.1) is 5.92 Å². The van der Waals surface area contributed by atoms with Crippen molar-refractivity contribution in [3.8, 4) is 0 Å². The number of rotatable bonds is 3. The second-order valence-electron chi connectivity index (χ2n) is 6.68. The molecule has 5 nitrogen and oxygen atoms in total. The third kappa shape index (κ3) is 4.03. The van der Waals surface area contributed by atoms with E-state index in [9.17, 15) is 9.59 Å². The summed E-state index contributed by atoms with van der Waals surface area (Å²) in [6, 6.07) is 6.03. The Morgan fingerprint density at radius 1 is 1.00 bits per heavy atom. The van der Waals surface area contributed by atoms with Crippen molar-refractivity contribution in [2.24, 2.45) is 5.92 Å². The molecule has 124 valence electrons. The number of carbonyl (C=O) groups is 2. The van der Waals surface area contributed by atoms with Crippen LogP contribution in [-0.4, -0.2) is 23.1 Å². The Bertz CT molecular complexity index is 592. The van der Waals surface area contributed by atoms with Gasteiger partial charge in [-0.05, 0) is 74.6 Å². The Kier molecular flexibility index (Phi) is 4.84. The molecule has 0 bridgehead atoms. The van der Waals surface area contributed by atoms with Crippen LogP contribution in [0.5, 0.6) is 0 Å². The fourth-order valence-electron chi connectivity index (χ4n) is 3.65. The highest BCUT2D eigenvalue weighted by Crippen LogP contribution is 2.26. The van der Waals surface area contributed by atoms with Crippen LogP contribution >= 0.6 is 0 Å². The van der Waals surface area contributed by atoms with Crippen molar-refractivity contribution >= 4 is 17.7 Å². The van der Waals surface area contributed by atoms with Gasteiger partial charge in [0.25, 0.3) is 0 Å². The lowest BCUT2D eigenvalue weighted by atomic mass is 9.86. The fourth-order valence-corrected chi connectivity index (χ4v) is 3.65. The van der Waals surface area contributed by atoms with Crippen LogP contribution < -0.4 is 10.6 Å². The number of carbonyl (C=O) groups excluding carboxylic acids is 1. The lowest BCUT2D eigenvalue weighted by Crippen LogP contribution is -2.41. The van der Waals surface area contributed by atoms with E-state index in [0.717, 1.165) is 31.4 Å². The minimum Gasteiger partial charge on any atom is -0.481 e.